The number of hydrogen-bond acceptors (Lipinski definition) is 5. The first-order valence-electron chi connectivity index (χ1n) is 6.71. The molecule has 3 aromatic heterocycles. The number of rotatable bonds is 4. The summed E-state index contributed by atoms with van der Waals surface area (Å²) >= 11 is 0. The Bertz CT molecular complexity index is 871. The highest BCUT2D eigenvalue weighted by Crippen LogP contribution is 2.21. The van der Waals surface area contributed by atoms with Crippen molar-refractivity contribution in [2.45, 2.75) is 19.8 Å². The highest BCUT2D eigenvalue weighted by atomic mass is 16.1. The molecule has 0 radical (unpaired) electrons. The molecule has 0 aliphatic carbocycles. The van der Waals surface area contributed by atoms with Crippen molar-refractivity contribution in [2.24, 2.45) is 0 Å². The van der Waals surface area contributed by atoms with Crippen LogP contribution in [0, 0.1) is 18.3 Å². The zero-order valence-electron chi connectivity index (χ0n) is 11.9. The van der Waals surface area contributed by atoms with Crippen LogP contribution >= 0.6 is 0 Å². The summed E-state index contributed by atoms with van der Waals surface area (Å²) in [5.41, 5.74) is 3.52. The SMILES string of the molecule is Cc1[nH]ncc1-c1ccc2nc(NC(=O)CCC#N)nn2c1. The number of pyridine rings is 1. The summed E-state index contributed by atoms with van der Waals surface area (Å²) in [6.45, 7) is 1.94. The molecule has 0 aromatic carbocycles. The number of carbonyl (C=O) groups is 1. The van der Waals surface area contributed by atoms with Gasteiger partial charge in [-0.2, -0.15) is 15.3 Å². The third-order valence-corrected chi connectivity index (χ3v) is 3.19. The molecular weight excluding hydrogens is 282 g/mol. The monoisotopic (exact) mass is 295 g/mol. The van der Waals surface area contributed by atoms with E-state index in [4.69, 9.17) is 5.26 Å². The molecule has 3 heterocycles. The Morgan fingerprint density at radius 3 is 3.09 bits per heavy atom. The number of hydrogen-bond donors (Lipinski definition) is 2. The van der Waals surface area contributed by atoms with E-state index in [1.807, 2.05) is 31.3 Å². The van der Waals surface area contributed by atoms with Crippen molar-refractivity contribution in [2.75, 3.05) is 5.32 Å². The second-order valence-electron chi connectivity index (χ2n) is 4.77. The van der Waals surface area contributed by atoms with Crippen LogP contribution < -0.4 is 5.32 Å². The predicted molar refractivity (Wildman–Crippen MR) is 78.8 cm³/mol. The average molecular weight is 295 g/mol. The van der Waals surface area contributed by atoms with Gasteiger partial charge in [-0.05, 0) is 19.1 Å². The van der Waals surface area contributed by atoms with E-state index >= 15 is 0 Å². The van der Waals surface area contributed by atoms with Crippen LogP contribution in [0.3, 0.4) is 0 Å². The number of fused-ring (bicyclic) bond motifs is 1. The van der Waals surface area contributed by atoms with E-state index in [-0.39, 0.29) is 24.7 Å². The van der Waals surface area contributed by atoms with Crippen LogP contribution in [0.4, 0.5) is 5.95 Å². The molecule has 22 heavy (non-hydrogen) atoms. The predicted octanol–water partition coefficient (Wildman–Crippen LogP) is 1.67. The smallest absolute Gasteiger partial charge is 0.249 e. The van der Waals surface area contributed by atoms with E-state index in [1.54, 1.807) is 10.7 Å². The molecule has 0 aliphatic rings. The quantitative estimate of drug-likeness (QED) is 0.760. The molecule has 110 valence electrons. The molecule has 3 rings (SSSR count). The van der Waals surface area contributed by atoms with E-state index in [9.17, 15) is 4.79 Å². The lowest BCUT2D eigenvalue weighted by Crippen LogP contribution is -2.12. The molecule has 0 saturated carbocycles. The van der Waals surface area contributed by atoms with Gasteiger partial charge in [0.05, 0.1) is 12.3 Å². The van der Waals surface area contributed by atoms with Crippen molar-refractivity contribution < 1.29 is 4.79 Å². The lowest BCUT2D eigenvalue weighted by atomic mass is 10.1. The zero-order chi connectivity index (χ0) is 15.5. The molecule has 0 spiro atoms. The Kier molecular flexibility index (Phi) is 3.53. The Hall–Kier alpha value is -3.21. The van der Waals surface area contributed by atoms with Gasteiger partial charge in [-0.15, -0.1) is 5.10 Å². The van der Waals surface area contributed by atoms with E-state index < -0.39 is 0 Å². The van der Waals surface area contributed by atoms with E-state index in [0.29, 0.717) is 5.65 Å². The van der Waals surface area contributed by atoms with Crippen molar-refractivity contribution >= 4 is 17.5 Å². The molecule has 0 saturated heterocycles. The molecule has 0 atom stereocenters. The van der Waals surface area contributed by atoms with E-state index in [2.05, 4.69) is 25.6 Å². The van der Waals surface area contributed by atoms with Gasteiger partial charge in [0.15, 0.2) is 5.65 Å². The maximum atomic E-state index is 11.6. The summed E-state index contributed by atoms with van der Waals surface area (Å²) in [6.07, 6.45) is 3.87. The molecule has 0 unspecified atom stereocenters. The van der Waals surface area contributed by atoms with Gasteiger partial charge in [-0.3, -0.25) is 15.2 Å². The van der Waals surface area contributed by atoms with Gasteiger partial charge < -0.3 is 0 Å². The molecule has 1 amide bonds. The van der Waals surface area contributed by atoms with Crippen LogP contribution in [0.25, 0.3) is 16.8 Å². The van der Waals surface area contributed by atoms with Gasteiger partial charge in [0.1, 0.15) is 0 Å². The first-order valence-corrected chi connectivity index (χ1v) is 6.71. The number of aryl methyl sites for hydroxylation is 1. The average Bonchev–Trinajstić information content (AvgIpc) is 3.09. The fraction of sp³-hybridized carbons (Fsp3) is 0.214. The third-order valence-electron chi connectivity index (χ3n) is 3.19. The molecule has 0 aliphatic heterocycles. The number of carbonyl (C=O) groups excluding carboxylic acids is 1. The van der Waals surface area contributed by atoms with Crippen molar-refractivity contribution in [1.82, 2.24) is 24.8 Å². The van der Waals surface area contributed by atoms with Crippen molar-refractivity contribution in [3.63, 3.8) is 0 Å². The fourth-order valence-corrected chi connectivity index (χ4v) is 2.09. The lowest BCUT2D eigenvalue weighted by Gasteiger charge is -1.99. The maximum absolute atomic E-state index is 11.6. The Labute approximate surface area is 125 Å². The Balaban J connectivity index is 1.86. The molecule has 3 aromatic rings. The number of nitrogens with one attached hydrogen (secondary N) is 2. The first kappa shape index (κ1) is 13.8. The summed E-state index contributed by atoms with van der Waals surface area (Å²) in [4.78, 5) is 15.8. The Morgan fingerprint density at radius 2 is 2.36 bits per heavy atom. The standard InChI is InChI=1S/C14H13N7O/c1-9-11(7-16-19-9)10-4-5-12-17-14(20-21(12)8-10)18-13(22)3-2-6-15/h4-5,7-8H,2-3H2,1H3,(H,16,19)(H,18,20,22). The van der Waals surface area contributed by atoms with E-state index in [1.165, 1.54) is 0 Å². The summed E-state index contributed by atoms with van der Waals surface area (Å²) < 4.78 is 1.60. The van der Waals surface area contributed by atoms with Crippen LogP contribution in [-0.4, -0.2) is 30.7 Å². The number of aromatic amines is 1. The number of nitrogens with zero attached hydrogens (tertiary/aromatic N) is 5. The van der Waals surface area contributed by atoms with Gasteiger partial charge in [-0.25, -0.2) is 4.52 Å². The van der Waals surface area contributed by atoms with Crippen LogP contribution in [0.15, 0.2) is 24.5 Å². The molecule has 0 bridgehead atoms. The van der Waals surface area contributed by atoms with Crippen LogP contribution in [0.2, 0.25) is 0 Å². The largest absolute Gasteiger partial charge is 0.293 e. The van der Waals surface area contributed by atoms with Gasteiger partial charge in [0.2, 0.25) is 11.9 Å². The molecule has 8 heteroatoms. The maximum Gasteiger partial charge on any atom is 0.249 e. The summed E-state index contributed by atoms with van der Waals surface area (Å²) in [5, 5.41) is 22.2. The van der Waals surface area contributed by atoms with Crippen LogP contribution in [0.5, 0.6) is 0 Å². The number of anilines is 1. The number of H-pyrrole nitrogens is 1. The molecular formula is C14H13N7O. The van der Waals surface area contributed by atoms with Gasteiger partial charge in [0, 0.05) is 35.9 Å². The number of amides is 1. The Morgan fingerprint density at radius 1 is 1.50 bits per heavy atom. The summed E-state index contributed by atoms with van der Waals surface area (Å²) in [6, 6.07) is 5.66. The molecule has 8 nitrogen and oxygen atoms in total. The second-order valence-corrected chi connectivity index (χ2v) is 4.77. The minimum Gasteiger partial charge on any atom is -0.293 e. The molecule has 2 N–H and O–H groups in total. The lowest BCUT2D eigenvalue weighted by molar-refractivity contribution is -0.116. The van der Waals surface area contributed by atoms with Gasteiger partial charge in [-0.1, -0.05) is 0 Å². The number of aromatic nitrogens is 5. The number of nitriles is 1. The van der Waals surface area contributed by atoms with Gasteiger partial charge >= 0.3 is 0 Å². The van der Waals surface area contributed by atoms with E-state index in [0.717, 1.165) is 16.8 Å². The summed E-state index contributed by atoms with van der Waals surface area (Å²) in [5.74, 6) is -0.0487. The topological polar surface area (TPSA) is 112 Å². The summed E-state index contributed by atoms with van der Waals surface area (Å²) in [7, 11) is 0. The first-order chi connectivity index (χ1) is 10.7. The zero-order valence-corrected chi connectivity index (χ0v) is 11.9. The van der Waals surface area contributed by atoms with Crippen molar-refractivity contribution in [3.05, 3.63) is 30.2 Å². The van der Waals surface area contributed by atoms with Crippen LogP contribution in [0.1, 0.15) is 18.5 Å². The fourth-order valence-electron chi connectivity index (χ4n) is 2.09. The minimum absolute atomic E-state index is 0.130. The van der Waals surface area contributed by atoms with Gasteiger partial charge in [0.25, 0.3) is 0 Å². The van der Waals surface area contributed by atoms with Crippen molar-refractivity contribution in [3.8, 4) is 17.2 Å². The second kappa shape index (κ2) is 5.65. The normalized spacial score (nSPS) is 10.5. The third kappa shape index (κ3) is 2.64. The van der Waals surface area contributed by atoms with Crippen molar-refractivity contribution in [1.29, 1.82) is 5.26 Å². The minimum atomic E-state index is -0.275. The highest BCUT2D eigenvalue weighted by molar-refractivity contribution is 5.89. The highest BCUT2D eigenvalue weighted by Gasteiger charge is 2.10. The molecule has 0 fully saturated rings. The van der Waals surface area contributed by atoms with Crippen LogP contribution in [-0.2, 0) is 4.79 Å².